The van der Waals surface area contributed by atoms with Crippen molar-refractivity contribution >= 4 is 17.0 Å². The van der Waals surface area contributed by atoms with Crippen LogP contribution in [0.5, 0.6) is 0 Å². The van der Waals surface area contributed by atoms with Crippen LogP contribution in [0.25, 0.3) is 17.0 Å². The molecule has 1 N–H and O–H groups in total. The predicted molar refractivity (Wildman–Crippen MR) is 124 cm³/mol. The van der Waals surface area contributed by atoms with Crippen LogP contribution < -0.4 is 0 Å². The molecule has 0 saturated heterocycles. The number of nitrogens with zero attached hydrogens (tertiary/aromatic N) is 1. The molecule has 0 spiro atoms. The van der Waals surface area contributed by atoms with Gasteiger partial charge in [-0.1, -0.05) is 72.8 Å². The van der Waals surface area contributed by atoms with E-state index in [-0.39, 0.29) is 0 Å². The van der Waals surface area contributed by atoms with Gasteiger partial charge in [-0.05, 0) is 41.3 Å². The van der Waals surface area contributed by atoms with Crippen molar-refractivity contribution in [3.8, 4) is 0 Å². The number of hydrogen-bond donors (Lipinski definition) is 1. The summed E-state index contributed by atoms with van der Waals surface area (Å²) >= 11 is 0. The molecule has 0 amide bonds. The van der Waals surface area contributed by atoms with Crippen molar-refractivity contribution in [3.05, 3.63) is 113 Å². The highest BCUT2D eigenvalue weighted by molar-refractivity contribution is 5.83. The Morgan fingerprint density at radius 3 is 2.31 bits per heavy atom. The van der Waals surface area contributed by atoms with Gasteiger partial charge in [0.25, 0.3) is 0 Å². The molecule has 0 aliphatic heterocycles. The minimum Gasteiger partial charge on any atom is -0.361 e. The molecule has 0 saturated carbocycles. The maximum absolute atomic E-state index is 12.8. The number of hydrogen-bond acceptors (Lipinski definition) is 1. The Kier molecular flexibility index (Phi) is 6.76. The van der Waals surface area contributed by atoms with Gasteiger partial charge in [0.15, 0.2) is 0 Å². The van der Waals surface area contributed by atoms with Gasteiger partial charge in [-0.2, -0.15) is 13.2 Å². The Balaban J connectivity index is 1.43. The van der Waals surface area contributed by atoms with E-state index in [1.54, 1.807) is 0 Å². The first-order chi connectivity index (χ1) is 15.5. The first-order valence-electron chi connectivity index (χ1n) is 10.6. The maximum atomic E-state index is 12.8. The summed E-state index contributed by atoms with van der Waals surface area (Å²) in [6.45, 7) is 2.38. The van der Waals surface area contributed by atoms with E-state index in [1.807, 2.05) is 42.5 Å². The number of halogens is 3. The quantitative estimate of drug-likeness (QED) is 0.318. The lowest BCUT2D eigenvalue weighted by Gasteiger charge is -2.21. The Labute approximate surface area is 186 Å². The van der Waals surface area contributed by atoms with Gasteiger partial charge in [-0.15, -0.1) is 0 Å². The van der Waals surface area contributed by atoms with Crippen LogP contribution in [0.2, 0.25) is 0 Å². The second-order valence-corrected chi connectivity index (χ2v) is 7.85. The smallest absolute Gasteiger partial charge is 0.361 e. The molecule has 4 rings (SSSR count). The maximum Gasteiger partial charge on any atom is 0.416 e. The van der Waals surface area contributed by atoms with Crippen LogP contribution >= 0.6 is 0 Å². The van der Waals surface area contributed by atoms with E-state index in [9.17, 15) is 13.2 Å². The summed E-state index contributed by atoms with van der Waals surface area (Å²) in [5.41, 5.74) is 3.78. The molecule has 0 aliphatic carbocycles. The van der Waals surface area contributed by atoms with E-state index in [0.29, 0.717) is 6.54 Å². The molecule has 0 atom stereocenters. The monoisotopic (exact) mass is 434 g/mol. The molecule has 5 heteroatoms. The molecule has 3 aromatic carbocycles. The SMILES string of the molecule is FC(F)(F)c1ccc(/C=C/CN(CCc2c[nH]c3ccccc23)Cc2ccccc2)cc1. The number of aromatic nitrogens is 1. The molecule has 164 valence electrons. The number of fused-ring (bicyclic) bond motifs is 1. The Bertz CT molecular complexity index is 1160. The lowest BCUT2D eigenvalue weighted by Crippen LogP contribution is -2.25. The topological polar surface area (TPSA) is 19.0 Å². The Morgan fingerprint density at radius 1 is 0.844 bits per heavy atom. The van der Waals surface area contributed by atoms with Gasteiger partial charge in [-0.3, -0.25) is 4.90 Å². The number of H-pyrrole nitrogens is 1. The van der Waals surface area contributed by atoms with Crippen LogP contribution in [0.15, 0.2) is 91.1 Å². The lowest BCUT2D eigenvalue weighted by molar-refractivity contribution is -0.137. The fraction of sp³-hybridized carbons (Fsp3) is 0.185. The van der Waals surface area contributed by atoms with Gasteiger partial charge in [0, 0.05) is 36.7 Å². The van der Waals surface area contributed by atoms with E-state index >= 15 is 0 Å². The molecule has 0 bridgehead atoms. The van der Waals surface area contributed by atoms with Crippen LogP contribution in [-0.2, 0) is 19.1 Å². The standard InChI is InChI=1S/C27H25F3N2/c28-27(29,30)24-14-12-21(13-15-24)9-6-17-32(20-22-7-2-1-3-8-22)18-16-23-19-31-26-11-5-4-10-25(23)26/h1-15,19,31H,16-18,20H2/b9-6+. The summed E-state index contributed by atoms with van der Waals surface area (Å²) in [5, 5.41) is 1.24. The van der Waals surface area contributed by atoms with Crippen LogP contribution in [0.3, 0.4) is 0 Å². The molecule has 0 fully saturated rings. The van der Waals surface area contributed by atoms with Crippen LogP contribution in [0.1, 0.15) is 22.3 Å². The first-order valence-corrected chi connectivity index (χ1v) is 10.6. The summed E-state index contributed by atoms with van der Waals surface area (Å²) in [4.78, 5) is 5.67. The van der Waals surface area contributed by atoms with E-state index in [1.165, 1.54) is 28.6 Å². The van der Waals surface area contributed by atoms with Crippen LogP contribution in [0, 0.1) is 0 Å². The summed E-state index contributed by atoms with van der Waals surface area (Å²) in [7, 11) is 0. The average molecular weight is 435 g/mol. The van der Waals surface area contributed by atoms with Gasteiger partial charge >= 0.3 is 6.18 Å². The van der Waals surface area contributed by atoms with Crippen molar-refractivity contribution in [2.45, 2.75) is 19.1 Å². The fourth-order valence-electron chi connectivity index (χ4n) is 3.81. The number of alkyl halides is 3. The largest absolute Gasteiger partial charge is 0.416 e. The summed E-state index contributed by atoms with van der Waals surface area (Å²) in [6, 6.07) is 23.8. The molecule has 1 heterocycles. The van der Waals surface area contributed by atoms with Crippen molar-refractivity contribution in [2.75, 3.05) is 13.1 Å². The average Bonchev–Trinajstić information content (AvgIpc) is 3.21. The normalized spacial score (nSPS) is 12.2. The Hall–Kier alpha value is -3.31. The number of aromatic amines is 1. The van der Waals surface area contributed by atoms with Gasteiger partial charge in [-0.25, -0.2) is 0 Å². The molecular formula is C27H25F3N2. The van der Waals surface area contributed by atoms with Gasteiger partial charge < -0.3 is 4.98 Å². The van der Waals surface area contributed by atoms with E-state index in [2.05, 4.69) is 40.3 Å². The molecule has 0 aliphatic rings. The van der Waals surface area contributed by atoms with E-state index < -0.39 is 11.7 Å². The highest BCUT2D eigenvalue weighted by atomic mass is 19.4. The highest BCUT2D eigenvalue weighted by Crippen LogP contribution is 2.29. The second kappa shape index (κ2) is 9.88. The molecule has 32 heavy (non-hydrogen) atoms. The van der Waals surface area contributed by atoms with Crippen molar-refractivity contribution in [3.63, 3.8) is 0 Å². The minimum absolute atomic E-state index is 0.626. The van der Waals surface area contributed by atoms with Gasteiger partial charge in [0.05, 0.1) is 5.56 Å². The number of para-hydroxylation sites is 1. The predicted octanol–water partition coefficient (Wildman–Crippen LogP) is 6.94. The third-order valence-electron chi connectivity index (χ3n) is 5.53. The zero-order chi connectivity index (χ0) is 22.4. The number of rotatable bonds is 8. The van der Waals surface area contributed by atoms with Gasteiger partial charge in [0.1, 0.15) is 0 Å². The van der Waals surface area contributed by atoms with E-state index in [4.69, 9.17) is 0 Å². The fourth-order valence-corrected chi connectivity index (χ4v) is 3.81. The third kappa shape index (κ3) is 5.68. The highest BCUT2D eigenvalue weighted by Gasteiger charge is 2.29. The van der Waals surface area contributed by atoms with Crippen molar-refractivity contribution in [2.24, 2.45) is 0 Å². The van der Waals surface area contributed by atoms with E-state index in [0.717, 1.165) is 42.7 Å². The number of nitrogens with one attached hydrogen (secondary N) is 1. The molecule has 4 aromatic rings. The summed E-state index contributed by atoms with van der Waals surface area (Å²) in [6.07, 6.45) is 2.57. The summed E-state index contributed by atoms with van der Waals surface area (Å²) in [5.74, 6) is 0. The van der Waals surface area contributed by atoms with Crippen molar-refractivity contribution in [1.29, 1.82) is 0 Å². The first kappa shape index (κ1) is 21.9. The zero-order valence-corrected chi connectivity index (χ0v) is 17.6. The Morgan fingerprint density at radius 2 is 1.56 bits per heavy atom. The summed E-state index contributed by atoms with van der Waals surface area (Å²) < 4.78 is 38.3. The molecule has 2 nitrogen and oxygen atoms in total. The number of benzene rings is 3. The molecule has 0 radical (unpaired) electrons. The zero-order valence-electron chi connectivity index (χ0n) is 17.6. The lowest BCUT2D eigenvalue weighted by atomic mass is 10.1. The van der Waals surface area contributed by atoms with Gasteiger partial charge in [0.2, 0.25) is 0 Å². The molecular weight excluding hydrogens is 409 g/mol. The molecule has 1 aromatic heterocycles. The van der Waals surface area contributed by atoms with Crippen LogP contribution in [-0.4, -0.2) is 23.0 Å². The van der Waals surface area contributed by atoms with Crippen molar-refractivity contribution < 1.29 is 13.2 Å². The second-order valence-electron chi connectivity index (χ2n) is 7.85. The van der Waals surface area contributed by atoms with Crippen molar-refractivity contribution in [1.82, 2.24) is 9.88 Å². The third-order valence-corrected chi connectivity index (χ3v) is 5.53. The minimum atomic E-state index is -4.31. The van der Waals surface area contributed by atoms with Crippen LogP contribution in [0.4, 0.5) is 13.2 Å². The molecule has 0 unspecified atom stereocenters.